The highest BCUT2D eigenvalue weighted by Crippen LogP contribution is 2.44. The minimum atomic E-state index is -4.93. The maximum atomic E-state index is 13.9. The van der Waals surface area contributed by atoms with Crippen LogP contribution < -0.4 is 31.1 Å². The molecule has 0 fully saturated rings. The summed E-state index contributed by atoms with van der Waals surface area (Å²) < 4.78 is 21.3. The molecule has 1 aliphatic carbocycles. The topological polar surface area (TPSA) is 333 Å². The third kappa shape index (κ3) is 14.1. The average Bonchev–Trinajstić information content (AvgIpc) is 3.52. The van der Waals surface area contributed by atoms with E-state index in [4.69, 9.17) is 19.6 Å². The van der Waals surface area contributed by atoms with E-state index in [-0.39, 0.29) is 30.3 Å². The van der Waals surface area contributed by atoms with Crippen LogP contribution in [0.1, 0.15) is 62.1 Å². The molecule has 0 saturated carbocycles. The maximum Gasteiger partial charge on any atom is 0.524 e. The van der Waals surface area contributed by atoms with E-state index in [1.165, 1.54) is 26.0 Å². The predicted octanol–water partition coefficient (Wildman–Crippen LogP) is 1.40. The molecule has 4 rings (SSSR count). The van der Waals surface area contributed by atoms with Gasteiger partial charge in [0.1, 0.15) is 42.6 Å². The number of hydrogen-bond acceptors (Lipinski definition) is 11. The highest BCUT2D eigenvalue weighted by molar-refractivity contribution is 7.46. The third-order valence-corrected chi connectivity index (χ3v) is 10.0. The Kier molecular flexibility index (Phi) is 16.7. The van der Waals surface area contributed by atoms with E-state index < -0.39 is 111 Å². The lowest BCUT2D eigenvalue weighted by Gasteiger charge is -2.26. The SMILES string of the molecule is CC(NC(=O)C(C)NC(=O)C(Cc1ccc(OP(=O)(O)O)cc1)NC(=O)C(CCC(=O)O)NC(=O)C(CCC(=O)O)NC(=O)OCC1c2ccccc2-c2ccccc21)C(=O)O. The van der Waals surface area contributed by atoms with Crippen molar-refractivity contribution in [3.63, 3.8) is 0 Å². The number of benzene rings is 3. The van der Waals surface area contributed by atoms with Crippen molar-refractivity contribution in [3.05, 3.63) is 89.5 Å². The van der Waals surface area contributed by atoms with Gasteiger partial charge in [0.15, 0.2) is 0 Å². The number of amides is 5. The molecule has 0 spiro atoms. The molecule has 10 N–H and O–H groups in total. The Morgan fingerprint density at radius 3 is 1.58 bits per heavy atom. The maximum absolute atomic E-state index is 13.9. The van der Waals surface area contributed by atoms with E-state index >= 15 is 0 Å². The Labute approximate surface area is 353 Å². The number of ether oxygens (including phenoxy) is 1. The number of carboxylic acid groups (broad SMARTS) is 3. The summed E-state index contributed by atoms with van der Waals surface area (Å²) in [6.07, 6.45) is -3.80. The van der Waals surface area contributed by atoms with Gasteiger partial charge in [0.05, 0.1) is 0 Å². The van der Waals surface area contributed by atoms with Crippen LogP contribution in [0.15, 0.2) is 72.8 Å². The number of rotatable bonds is 22. The van der Waals surface area contributed by atoms with Crippen LogP contribution in [-0.2, 0) is 49.3 Å². The van der Waals surface area contributed by atoms with E-state index in [0.717, 1.165) is 34.4 Å². The molecule has 0 aliphatic heterocycles. The molecule has 3 aromatic carbocycles. The Morgan fingerprint density at radius 1 is 0.613 bits per heavy atom. The molecule has 5 amide bonds. The summed E-state index contributed by atoms with van der Waals surface area (Å²) in [7, 11) is -4.93. The van der Waals surface area contributed by atoms with Crippen LogP contribution in [0.4, 0.5) is 4.79 Å². The lowest BCUT2D eigenvalue weighted by Crippen LogP contribution is -2.58. The smallest absolute Gasteiger partial charge is 0.481 e. The van der Waals surface area contributed by atoms with Crippen LogP contribution in [0.5, 0.6) is 5.75 Å². The van der Waals surface area contributed by atoms with Crippen LogP contribution in [0.25, 0.3) is 11.1 Å². The molecule has 332 valence electrons. The number of carbonyl (C=O) groups excluding carboxylic acids is 5. The lowest BCUT2D eigenvalue weighted by atomic mass is 9.98. The Morgan fingerprint density at radius 2 is 1.08 bits per heavy atom. The molecule has 5 unspecified atom stereocenters. The van der Waals surface area contributed by atoms with Crippen molar-refractivity contribution in [2.24, 2.45) is 0 Å². The molecule has 0 aromatic heterocycles. The molecule has 0 heterocycles. The van der Waals surface area contributed by atoms with Gasteiger partial charge in [-0.25, -0.2) is 9.36 Å². The van der Waals surface area contributed by atoms with Crippen LogP contribution in [-0.4, -0.2) is 110 Å². The fourth-order valence-electron chi connectivity index (χ4n) is 6.45. The van der Waals surface area contributed by atoms with Crippen molar-refractivity contribution in [3.8, 4) is 16.9 Å². The van der Waals surface area contributed by atoms with E-state index in [1.54, 1.807) is 0 Å². The Balaban J connectivity index is 1.53. The zero-order valence-corrected chi connectivity index (χ0v) is 34.2. The fourth-order valence-corrected chi connectivity index (χ4v) is 6.84. The summed E-state index contributed by atoms with van der Waals surface area (Å²) in [6.45, 7) is 2.26. The van der Waals surface area contributed by atoms with E-state index in [0.29, 0.717) is 0 Å². The summed E-state index contributed by atoms with van der Waals surface area (Å²) in [5, 5.41) is 39.6. The van der Waals surface area contributed by atoms with Crippen molar-refractivity contribution in [2.45, 2.75) is 82.1 Å². The third-order valence-electron chi connectivity index (χ3n) is 9.58. The first-order valence-electron chi connectivity index (χ1n) is 19.1. The summed E-state index contributed by atoms with van der Waals surface area (Å²) in [4.78, 5) is 120. The lowest BCUT2D eigenvalue weighted by molar-refractivity contribution is -0.142. The number of alkyl carbamates (subject to hydrolysis) is 1. The van der Waals surface area contributed by atoms with Crippen LogP contribution in [0, 0.1) is 0 Å². The highest BCUT2D eigenvalue weighted by atomic mass is 31.2. The molecule has 0 radical (unpaired) electrons. The minimum Gasteiger partial charge on any atom is -0.481 e. The second-order valence-electron chi connectivity index (χ2n) is 14.2. The second kappa shape index (κ2) is 21.6. The Hall–Kier alpha value is -6.83. The average molecular weight is 884 g/mol. The van der Waals surface area contributed by atoms with Gasteiger partial charge < -0.3 is 51.2 Å². The van der Waals surface area contributed by atoms with E-state index in [1.807, 2.05) is 48.5 Å². The van der Waals surface area contributed by atoms with Gasteiger partial charge in [-0.05, 0) is 66.6 Å². The van der Waals surface area contributed by atoms with Crippen molar-refractivity contribution < 1.29 is 77.3 Å². The molecule has 62 heavy (non-hydrogen) atoms. The number of carboxylic acids is 3. The number of phosphoric ester groups is 1. The van der Waals surface area contributed by atoms with Crippen LogP contribution in [0.2, 0.25) is 0 Å². The second-order valence-corrected chi connectivity index (χ2v) is 15.4. The Bertz CT molecular complexity index is 2170. The molecule has 22 heteroatoms. The number of hydrogen-bond donors (Lipinski definition) is 10. The minimum absolute atomic E-state index is 0.154. The quantitative estimate of drug-likeness (QED) is 0.0638. The first kappa shape index (κ1) is 47.8. The predicted molar refractivity (Wildman–Crippen MR) is 215 cm³/mol. The van der Waals surface area contributed by atoms with Gasteiger partial charge in [0.2, 0.25) is 23.6 Å². The normalized spacial score (nSPS) is 14.3. The molecule has 5 atom stereocenters. The summed E-state index contributed by atoms with van der Waals surface area (Å²) in [5.41, 5.74) is 3.98. The van der Waals surface area contributed by atoms with Crippen molar-refractivity contribution >= 4 is 55.5 Å². The number of phosphoric acid groups is 1. The van der Waals surface area contributed by atoms with Crippen molar-refractivity contribution in [1.29, 1.82) is 0 Å². The van der Waals surface area contributed by atoms with Crippen LogP contribution >= 0.6 is 7.82 Å². The van der Waals surface area contributed by atoms with Gasteiger partial charge >= 0.3 is 31.8 Å². The van der Waals surface area contributed by atoms with Crippen molar-refractivity contribution in [1.82, 2.24) is 26.6 Å². The zero-order chi connectivity index (χ0) is 45.7. The first-order valence-corrected chi connectivity index (χ1v) is 20.6. The van der Waals surface area contributed by atoms with Crippen LogP contribution in [0.3, 0.4) is 0 Å². The number of aliphatic carboxylic acids is 3. The molecular weight excluding hydrogens is 837 g/mol. The molecule has 21 nitrogen and oxygen atoms in total. The molecular formula is C40H46N5O16P. The zero-order valence-electron chi connectivity index (χ0n) is 33.3. The summed E-state index contributed by atoms with van der Waals surface area (Å²) in [6, 6.07) is 12.4. The van der Waals surface area contributed by atoms with Crippen molar-refractivity contribution in [2.75, 3.05) is 6.61 Å². The molecule has 1 aliphatic rings. The summed E-state index contributed by atoms with van der Waals surface area (Å²) in [5.74, 6) is -8.77. The van der Waals surface area contributed by atoms with Gasteiger partial charge in [-0.15, -0.1) is 0 Å². The van der Waals surface area contributed by atoms with E-state index in [2.05, 4.69) is 31.1 Å². The molecule has 0 saturated heterocycles. The first-order chi connectivity index (χ1) is 29.2. The van der Waals surface area contributed by atoms with Gasteiger partial charge in [-0.3, -0.25) is 43.3 Å². The van der Waals surface area contributed by atoms with Gasteiger partial charge in [-0.2, -0.15) is 0 Å². The monoisotopic (exact) mass is 883 g/mol. The van der Waals surface area contributed by atoms with Gasteiger partial charge in [0.25, 0.3) is 0 Å². The number of carbonyl (C=O) groups is 8. The molecule has 3 aromatic rings. The van der Waals surface area contributed by atoms with E-state index in [9.17, 15) is 53.1 Å². The largest absolute Gasteiger partial charge is 0.524 e. The van der Waals surface area contributed by atoms with Gasteiger partial charge in [0, 0.05) is 25.2 Å². The van der Waals surface area contributed by atoms with Gasteiger partial charge in [-0.1, -0.05) is 60.7 Å². The molecule has 0 bridgehead atoms. The fraction of sp³-hybridized carbons (Fsp3) is 0.350. The summed E-state index contributed by atoms with van der Waals surface area (Å²) >= 11 is 0. The highest BCUT2D eigenvalue weighted by Gasteiger charge is 2.33. The standard InChI is InChI=1S/C40H46N5O16P/c1-21(35(50)42-22(2)39(54)55)41-38(53)32(19-23-11-13-24(14-12-23)61-62(57,58)59)44-36(51)30(15-17-33(46)47)43-37(52)31(16-18-34(48)49)45-40(56)60-20-29-27-9-5-3-7-25(27)26-8-4-6-10-28(26)29/h3-14,21-22,29-32H,15-20H2,1-2H3,(H,41,53)(H,42,50)(H,43,52)(H,44,51)(H,45,56)(H,46,47)(H,48,49)(H,54,55)(H2,57,58,59). The number of fused-ring (bicyclic) bond motifs is 3. The number of nitrogens with one attached hydrogen (secondary N) is 5.